The first-order valence-electron chi connectivity index (χ1n) is 9.49. The van der Waals surface area contributed by atoms with Crippen molar-refractivity contribution in [3.63, 3.8) is 0 Å². The van der Waals surface area contributed by atoms with Gasteiger partial charge in [-0.2, -0.15) is 5.10 Å². The third-order valence-electron chi connectivity index (χ3n) is 4.97. The van der Waals surface area contributed by atoms with E-state index in [9.17, 15) is 14.0 Å². The van der Waals surface area contributed by atoms with E-state index >= 15 is 0 Å². The number of hydrogen-bond donors (Lipinski definition) is 2. The molecule has 1 aliphatic rings. The highest BCUT2D eigenvalue weighted by atomic mass is 32.1. The number of hydrogen-bond acceptors (Lipinski definition) is 6. The number of rotatable bonds is 4. The number of carbonyl (C=O) groups is 2. The van der Waals surface area contributed by atoms with Gasteiger partial charge in [0.05, 0.1) is 29.8 Å². The van der Waals surface area contributed by atoms with Crippen molar-refractivity contribution in [3.05, 3.63) is 76.6 Å². The van der Waals surface area contributed by atoms with Crippen LogP contribution >= 0.6 is 11.3 Å². The topological polar surface area (TPSA) is 104 Å². The second kappa shape index (κ2) is 7.80. The number of H-pyrrole nitrogens is 1. The average molecular weight is 437 g/mol. The quantitative estimate of drug-likeness (QED) is 0.506. The number of aromatic amines is 1. The lowest BCUT2D eigenvalue weighted by Gasteiger charge is -2.25. The number of thiazole rings is 1. The molecule has 8 nitrogen and oxygen atoms in total. The second-order valence-corrected chi connectivity index (χ2v) is 8.09. The van der Waals surface area contributed by atoms with E-state index in [-0.39, 0.29) is 17.6 Å². The van der Waals surface area contributed by atoms with Gasteiger partial charge in [0.2, 0.25) is 0 Å². The Morgan fingerprint density at radius 3 is 2.84 bits per heavy atom. The van der Waals surface area contributed by atoms with Crippen molar-refractivity contribution in [2.75, 3.05) is 11.9 Å². The summed E-state index contributed by atoms with van der Waals surface area (Å²) in [5.74, 6) is -0.799. The SMILES string of the molecule is O=C(Nc1nc2c(s1)CN(C(=O)c1cc(-c3ccc(F)cc3)n[nH]1)CC2)c1ccoc1. The number of halogens is 1. The molecule has 3 aromatic heterocycles. The van der Waals surface area contributed by atoms with Gasteiger partial charge in [-0.05, 0) is 36.4 Å². The minimum absolute atomic E-state index is 0.177. The summed E-state index contributed by atoms with van der Waals surface area (Å²) in [7, 11) is 0. The largest absolute Gasteiger partial charge is 0.472 e. The van der Waals surface area contributed by atoms with Crippen LogP contribution in [0.2, 0.25) is 0 Å². The Labute approximate surface area is 179 Å². The molecule has 5 rings (SSSR count). The van der Waals surface area contributed by atoms with Crippen molar-refractivity contribution in [3.8, 4) is 11.3 Å². The van der Waals surface area contributed by atoms with Crippen LogP contribution in [0, 0.1) is 5.82 Å². The Bertz CT molecular complexity index is 1250. The van der Waals surface area contributed by atoms with E-state index in [0.717, 1.165) is 16.1 Å². The van der Waals surface area contributed by atoms with Crippen LogP contribution in [0.4, 0.5) is 9.52 Å². The maximum Gasteiger partial charge on any atom is 0.272 e. The monoisotopic (exact) mass is 437 g/mol. The Morgan fingerprint density at radius 1 is 1.23 bits per heavy atom. The fourth-order valence-corrected chi connectivity index (χ4v) is 4.37. The van der Waals surface area contributed by atoms with Crippen LogP contribution in [0.15, 0.2) is 53.3 Å². The summed E-state index contributed by atoms with van der Waals surface area (Å²) in [4.78, 5) is 32.3. The molecule has 0 saturated heterocycles. The minimum Gasteiger partial charge on any atom is -0.472 e. The third kappa shape index (κ3) is 3.84. The van der Waals surface area contributed by atoms with E-state index in [1.807, 2.05) is 0 Å². The van der Waals surface area contributed by atoms with Gasteiger partial charge < -0.3 is 9.32 Å². The van der Waals surface area contributed by atoms with Gasteiger partial charge >= 0.3 is 0 Å². The summed E-state index contributed by atoms with van der Waals surface area (Å²) >= 11 is 1.35. The zero-order chi connectivity index (χ0) is 21.4. The fourth-order valence-electron chi connectivity index (χ4n) is 3.36. The van der Waals surface area contributed by atoms with Gasteiger partial charge in [-0.25, -0.2) is 9.37 Å². The number of fused-ring (bicyclic) bond motifs is 1. The zero-order valence-electron chi connectivity index (χ0n) is 16.1. The number of anilines is 1. The molecule has 0 radical (unpaired) electrons. The first kappa shape index (κ1) is 19.2. The number of nitrogens with zero attached hydrogens (tertiary/aromatic N) is 3. The molecule has 31 heavy (non-hydrogen) atoms. The van der Waals surface area contributed by atoms with Gasteiger partial charge in [0.1, 0.15) is 17.8 Å². The van der Waals surface area contributed by atoms with Crippen LogP contribution in [0.1, 0.15) is 31.4 Å². The fraction of sp³-hybridized carbons (Fsp3) is 0.143. The van der Waals surface area contributed by atoms with Crippen LogP contribution in [-0.2, 0) is 13.0 Å². The number of carbonyl (C=O) groups excluding carboxylic acids is 2. The molecule has 156 valence electrons. The molecule has 2 N–H and O–H groups in total. The van der Waals surface area contributed by atoms with Gasteiger partial charge in [0.25, 0.3) is 11.8 Å². The molecule has 0 aliphatic carbocycles. The lowest BCUT2D eigenvalue weighted by Crippen LogP contribution is -2.35. The Kier molecular flexibility index (Phi) is 4.83. The number of benzene rings is 1. The first-order valence-corrected chi connectivity index (χ1v) is 10.3. The number of furan rings is 1. The molecular weight excluding hydrogens is 421 g/mol. The molecule has 0 unspecified atom stereocenters. The summed E-state index contributed by atoms with van der Waals surface area (Å²) in [6, 6.07) is 9.17. The molecule has 2 amide bonds. The van der Waals surface area contributed by atoms with Crippen molar-refractivity contribution < 1.29 is 18.4 Å². The lowest BCUT2D eigenvalue weighted by molar-refractivity contribution is 0.0730. The van der Waals surface area contributed by atoms with Crippen LogP contribution in [0.25, 0.3) is 11.3 Å². The van der Waals surface area contributed by atoms with E-state index in [0.29, 0.717) is 41.6 Å². The van der Waals surface area contributed by atoms with Gasteiger partial charge in [-0.15, -0.1) is 0 Å². The van der Waals surface area contributed by atoms with E-state index in [1.54, 1.807) is 29.2 Å². The van der Waals surface area contributed by atoms with Crippen LogP contribution < -0.4 is 5.32 Å². The third-order valence-corrected chi connectivity index (χ3v) is 5.97. The lowest BCUT2D eigenvalue weighted by atomic mass is 10.1. The summed E-state index contributed by atoms with van der Waals surface area (Å²) in [6.07, 6.45) is 3.40. The molecule has 0 atom stereocenters. The highest BCUT2D eigenvalue weighted by Crippen LogP contribution is 2.29. The van der Waals surface area contributed by atoms with Crippen LogP contribution in [0.5, 0.6) is 0 Å². The summed E-state index contributed by atoms with van der Waals surface area (Å²) in [6.45, 7) is 0.911. The van der Waals surface area contributed by atoms with Crippen molar-refractivity contribution in [2.24, 2.45) is 0 Å². The average Bonchev–Trinajstić information content (AvgIpc) is 3.53. The molecule has 0 spiro atoms. The molecule has 1 aromatic carbocycles. The number of nitrogens with one attached hydrogen (secondary N) is 2. The molecule has 10 heteroatoms. The van der Waals surface area contributed by atoms with Crippen LogP contribution in [-0.4, -0.2) is 38.4 Å². The van der Waals surface area contributed by atoms with Gasteiger partial charge in [-0.1, -0.05) is 11.3 Å². The standard InChI is InChI=1S/C21H16FN5O3S/c22-14-3-1-12(2-4-14)16-9-17(26-25-16)20(29)27-7-5-15-18(10-27)31-21(23-15)24-19(28)13-6-8-30-11-13/h1-4,6,8-9,11H,5,7,10H2,(H,25,26)(H,23,24,28). The van der Waals surface area contributed by atoms with Crippen LogP contribution in [0.3, 0.4) is 0 Å². The van der Waals surface area contributed by atoms with Gasteiger partial charge in [0, 0.05) is 23.4 Å². The van der Waals surface area contributed by atoms with Crippen molar-refractivity contribution in [1.82, 2.24) is 20.1 Å². The molecule has 1 aliphatic heterocycles. The Balaban J connectivity index is 1.28. The van der Waals surface area contributed by atoms with E-state index < -0.39 is 0 Å². The van der Waals surface area contributed by atoms with Crippen molar-refractivity contribution in [1.29, 1.82) is 0 Å². The van der Waals surface area contributed by atoms with Crippen molar-refractivity contribution in [2.45, 2.75) is 13.0 Å². The maximum absolute atomic E-state index is 13.1. The molecule has 0 bridgehead atoms. The molecular formula is C21H16FN5O3S. The summed E-state index contributed by atoms with van der Waals surface area (Å²) < 4.78 is 18.0. The summed E-state index contributed by atoms with van der Waals surface area (Å²) in [5.41, 5.74) is 2.95. The zero-order valence-corrected chi connectivity index (χ0v) is 16.9. The van der Waals surface area contributed by atoms with Crippen molar-refractivity contribution >= 4 is 28.3 Å². The first-order chi connectivity index (χ1) is 15.1. The Hall–Kier alpha value is -3.79. The van der Waals surface area contributed by atoms with E-state index in [1.165, 1.54) is 36.0 Å². The number of amides is 2. The second-order valence-electron chi connectivity index (χ2n) is 7.01. The van der Waals surface area contributed by atoms with E-state index in [2.05, 4.69) is 20.5 Å². The molecule has 0 saturated carbocycles. The normalized spacial score (nSPS) is 13.1. The maximum atomic E-state index is 13.1. The summed E-state index contributed by atoms with van der Waals surface area (Å²) in [5, 5.41) is 10.2. The van der Waals surface area contributed by atoms with Gasteiger partial charge in [0.15, 0.2) is 5.13 Å². The molecule has 4 aromatic rings. The Morgan fingerprint density at radius 2 is 2.06 bits per heavy atom. The smallest absolute Gasteiger partial charge is 0.272 e. The van der Waals surface area contributed by atoms with Gasteiger partial charge in [-0.3, -0.25) is 20.0 Å². The predicted octanol–water partition coefficient (Wildman–Crippen LogP) is 3.72. The number of aromatic nitrogens is 3. The predicted molar refractivity (Wildman–Crippen MR) is 111 cm³/mol. The highest BCUT2D eigenvalue weighted by Gasteiger charge is 2.26. The minimum atomic E-state index is -0.329. The highest BCUT2D eigenvalue weighted by molar-refractivity contribution is 7.15. The molecule has 4 heterocycles. The van der Waals surface area contributed by atoms with E-state index in [4.69, 9.17) is 4.42 Å². The molecule has 0 fully saturated rings.